The Bertz CT molecular complexity index is 985. The molecule has 0 bridgehead atoms. The van der Waals surface area contributed by atoms with Gasteiger partial charge in [-0.25, -0.2) is 13.2 Å². The van der Waals surface area contributed by atoms with Gasteiger partial charge in [0, 0.05) is 6.92 Å². The molecule has 2 fully saturated rings. The highest BCUT2D eigenvalue weighted by atomic mass is 32.3. The highest BCUT2D eigenvalue weighted by Crippen LogP contribution is 2.31. The predicted octanol–water partition coefficient (Wildman–Crippen LogP) is -5.51. The lowest BCUT2D eigenvalue weighted by molar-refractivity contribution is -0.336. The average molecular weight is 557 g/mol. The Kier molecular flexibility index (Phi) is 9.48. The first-order valence-electron chi connectivity index (χ1n) is 9.37. The van der Waals surface area contributed by atoms with Crippen LogP contribution in [0.1, 0.15) is 6.92 Å². The fourth-order valence-corrected chi connectivity index (χ4v) is 4.12. The highest BCUT2D eigenvalue weighted by molar-refractivity contribution is 7.81. The van der Waals surface area contributed by atoms with Crippen molar-refractivity contribution in [1.82, 2.24) is 5.32 Å². The normalized spacial score (nSPS) is 38.6. The van der Waals surface area contributed by atoms with Crippen LogP contribution in [-0.4, -0.2) is 131 Å². The Hall–Kier alpha value is -1.60. The first-order chi connectivity index (χ1) is 15.9. The molecule has 8 N–H and O–H groups in total. The van der Waals surface area contributed by atoms with Gasteiger partial charge in [0.25, 0.3) is 0 Å². The van der Waals surface area contributed by atoms with Gasteiger partial charge >= 0.3 is 26.8 Å². The van der Waals surface area contributed by atoms with E-state index >= 15 is 0 Å². The van der Waals surface area contributed by atoms with Crippen LogP contribution in [0.25, 0.3) is 0 Å². The van der Waals surface area contributed by atoms with Gasteiger partial charge in [0.05, 0.1) is 6.61 Å². The highest BCUT2D eigenvalue weighted by Gasteiger charge is 2.54. The molecule has 1 amide bonds. The van der Waals surface area contributed by atoms with Gasteiger partial charge in [-0.1, -0.05) is 0 Å². The Morgan fingerprint density at radius 2 is 1.51 bits per heavy atom. The van der Waals surface area contributed by atoms with Crippen LogP contribution in [0.15, 0.2) is 0 Å². The topological polar surface area (TPSA) is 302 Å². The van der Waals surface area contributed by atoms with Gasteiger partial charge in [-0.2, -0.15) is 16.8 Å². The average Bonchev–Trinajstić information content (AvgIpc) is 2.69. The Balaban J connectivity index is 2.43. The lowest BCUT2D eigenvalue weighted by Gasteiger charge is -2.46. The van der Waals surface area contributed by atoms with E-state index in [0.717, 1.165) is 6.92 Å². The van der Waals surface area contributed by atoms with Gasteiger partial charge in [-0.05, 0) is 0 Å². The van der Waals surface area contributed by atoms with Gasteiger partial charge in [0.15, 0.2) is 24.8 Å². The summed E-state index contributed by atoms with van der Waals surface area (Å²) in [5.74, 6) is -2.66. The Morgan fingerprint density at radius 3 is 2.00 bits per heavy atom. The number of carboxylic acid groups (broad SMARTS) is 1. The largest absolute Gasteiger partial charge is 0.479 e. The molecule has 10 atom stereocenters. The molecular weight excluding hydrogens is 534 g/mol. The van der Waals surface area contributed by atoms with E-state index in [9.17, 15) is 52.0 Å². The zero-order valence-corrected chi connectivity index (χ0v) is 19.1. The molecular formula is C14H23NO18S2. The molecule has 2 saturated heterocycles. The van der Waals surface area contributed by atoms with Crippen LogP contribution in [0.2, 0.25) is 0 Å². The summed E-state index contributed by atoms with van der Waals surface area (Å²) in [6.45, 7) is -0.174. The lowest BCUT2D eigenvalue weighted by atomic mass is 9.95. The summed E-state index contributed by atoms with van der Waals surface area (Å²) in [4.78, 5) is 22.8. The van der Waals surface area contributed by atoms with E-state index in [0.29, 0.717) is 0 Å². The molecule has 0 saturated carbocycles. The van der Waals surface area contributed by atoms with E-state index in [-0.39, 0.29) is 0 Å². The summed E-state index contributed by atoms with van der Waals surface area (Å²) in [5, 5.41) is 52.1. The van der Waals surface area contributed by atoms with Crippen LogP contribution in [0.3, 0.4) is 0 Å². The third-order valence-corrected chi connectivity index (χ3v) is 5.66. The molecule has 0 radical (unpaired) electrons. The van der Waals surface area contributed by atoms with Crippen molar-refractivity contribution in [1.29, 1.82) is 0 Å². The molecule has 1 unspecified atom stereocenters. The van der Waals surface area contributed by atoms with Crippen LogP contribution in [0.5, 0.6) is 0 Å². The summed E-state index contributed by atoms with van der Waals surface area (Å²) < 4.78 is 85.7. The van der Waals surface area contributed by atoms with Crippen LogP contribution in [-0.2, 0) is 53.0 Å². The second-order valence-corrected chi connectivity index (χ2v) is 9.47. The number of carbonyl (C=O) groups is 2. The van der Waals surface area contributed by atoms with Crippen LogP contribution >= 0.6 is 0 Å². The lowest BCUT2D eigenvalue weighted by Crippen LogP contribution is -2.67. The number of carboxylic acids is 1. The Morgan fingerprint density at radius 1 is 0.914 bits per heavy atom. The van der Waals surface area contributed by atoms with Crippen molar-refractivity contribution >= 4 is 32.7 Å². The minimum Gasteiger partial charge on any atom is -0.479 e. The molecule has 0 aromatic rings. The van der Waals surface area contributed by atoms with Crippen molar-refractivity contribution < 1.29 is 83.6 Å². The summed E-state index contributed by atoms with van der Waals surface area (Å²) >= 11 is 0. The number of aliphatic hydroxyl groups is 4. The zero-order valence-electron chi connectivity index (χ0n) is 17.4. The van der Waals surface area contributed by atoms with E-state index < -0.39 is 101 Å². The minimum atomic E-state index is -5.39. The van der Waals surface area contributed by atoms with Crippen molar-refractivity contribution in [3.05, 3.63) is 0 Å². The number of hydrogen-bond donors (Lipinski definition) is 8. The molecule has 35 heavy (non-hydrogen) atoms. The smallest absolute Gasteiger partial charge is 0.397 e. The van der Waals surface area contributed by atoms with Gasteiger partial charge in [0.1, 0.15) is 36.6 Å². The molecule has 0 aromatic carbocycles. The Labute approximate surface area is 197 Å². The molecule has 19 nitrogen and oxygen atoms in total. The number of carbonyl (C=O) groups excluding carboxylic acids is 1. The van der Waals surface area contributed by atoms with Crippen molar-refractivity contribution in [2.45, 2.75) is 68.3 Å². The molecule has 0 aromatic heterocycles. The fourth-order valence-electron chi connectivity index (χ4n) is 3.33. The third-order valence-electron chi connectivity index (χ3n) is 4.76. The predicted molar refractivity (Wildman–Crippen MR) is 102 cm³/mol. The van der Waals surface area contributed by atoms with Crippen LogP contribution in [0, 0.1) is 0 Å². The second-order valence-electron chi connectivity index (χ2n) is 7.33. The van der Waals surface area contributed by atoms with Crippen molar-refractivity contribution in [2.24, 2.45) is 0 Å². The molecule has 2 rings (SSSR count). The number of nitrogens with one attached hydrogen (secondary N) is 1. The van der Waals surface area contributed by atoms with Crippen LogP contribution in [0.4, 0.5) is 0 Å². The SMILES string of the molecule is CC(=O)N[C@H]1C(O)O[C@H](COS(=O)(=O)O)[C@@H](O[C@@H]2O[C@@H](C(=O)O)[C@@H](O)[C@H](O)[C@H]2OS(=O)(=O)O)[C@@H]1O. The molecule has 21 heteroatoms. The molecule has 204 valence electrons. The third kappa shape index (κ3) is 7.94. The summed E-state index contributed by atoms with van der Waals surface area (Å²) in [5.41, 5.74) is 0. The number of aliphatic carboxylic acids is 1. The number of aliphatic hydroxyl groups excluding tert-OH is 4. The molecule has 0 aliphatic carbocycles. The number of amides is 1. The first kappa shape index (κ1) is 29.6. The van der Waals surface area contributed by atoms with E-state index in [1.165, 1.54) is 0 Å². The minimum absolute atomic E-state index is 0.797. The molecule has 2 heterocycles. The summed E-state index contributed by atoms with van der Waals surface area (Å²) in [7, 11) is -10.5. The maximum Gasteiger partial charge on any atom is 0.397 e. The van der Waals surface area contributed by atoms with Crippen LogP contribution < -0.4 is 5.32 Å². The van der Waals surface area contributed by atoms with E-state index in [1.54, 1.807) is 0 Å². The summed E-state index contributed by atoms with van der Waals surface area (Å²) in [6.07, 6.45) is -19.5. The van der Waals surface area contributed by atoms with Gasteiger partial charge in [-0.3, -0.25) is 13.9 Å². The van der Waals surface area contributed by atoms with Gasteiger partial charge in [-0.15, -0.1) is 0 Å². The monoisotopic (exact) mass is 557 g/mol. The number of ether oxygens (including phenoxy) is 3. The van der Waals surface area contributed by atoms with Crippen molar-refractivity contribution in [3.8, 4) is 0 Å². The van der Waals surface area contributed by atoms with Crippen molar-refractivity contribution in [3.63, 3.8) is 0 Å². The standard InChI is InChI=1S/C14H23NO18S2/c1-3(16)15-5-6(17)9(4(30-13(5)22)2-29-34(23,24)25)31-14-11(33-35(26,27)28)8(19)7(18)10(32-14)12(20)21/h4-11,13-14,17-19,22H,2H2,1H3,(H,15,16)(H,20,21)(H,23,24,25)(H,26,27,28)/t4-,5-,6-,7+,8+,9-,10-,11-,13?,14-/m1/s1. The molecule has 2 aliphatic rings. The van der Waals surface area contributed by atoms with Crippen molar-refractivity contribution in [2.75, 3.05) is 6.61 Å². The maximum atomic E-state index is 11.4. The van der Waals surface area contributed by atoms with E-state index in [4.69, 9.17) is 23.3 Å². The number of hydrogen-bond acceptors (Lipinski definition) is 15. The molecule has 2 aliphatic heterocycles. The maximum absolute atomic E-state index is 11.4. The van der Waals surface area contributed by atoms with Gasteiger partial charge < -0.3 is 45.1 Å². The quantitative estimate of drug-likeness (QED) is 0.123. The fraction of sp³-hybridized carbons (Fsp3) is 0.857. The second kappa shape index (κ2) is 11.2. The first-order valence-corrected chi connectivity index (χ1v) is 12.1. The van der Waals surface area contributed by atoms with E-state index in [1.807, 2.05) is 0 Å². The summed E-state index contributed by atoms with van der Waals surface area (Å²) in [6, 6.07) is -1.67. The zero-order chi connectivity index (χ0) is 26.9. The number of rotatable bonds is 9. The van der Waals surface area contributed by atoms with E-state index in [2.05, 4.69) is 13.7 Å². The van der Waals surface area contributed by atoms with Gasteiger partial charge in [0.2, 0.25) is 5.91 Å². The molecule has 0 spiro atoms.